The molecular weight excluding hydrogens is 356 g/mol. The number of benzene rings is 1. The van der Waals surface area contributed by atoms with Crippen LogP contribution in [0, 0.1) is 5.92 Å². The van der Waals surface area contributed by atoms with Gasteiger partial charge in [0.25, 0.3) is 0 Å². The SMILES string of the molecule is CCOC(=O)C1CCN(C(=O)NCCCOc2ccc(C(C)(C)C)cc2)CC1. The van der Waals surface area contributed by atoms with Gasteiger partial charge in [-0.2, -0.15) is 0 Å². The zero-order chi connectivity index (χ0) is 20.6. The molecule has 1 aromatic carbocycles. The van der Waals surface area contributed by atoms with Crippen LogP contribution < -0.4 is 10.1 Å². The normalized spacial score (nSPS) is 15.2. The molecule has 0 bridgehead atoms. The van der Waals surface area contributed by atoms with Crippen molar-refractivity contribution in [3.05, 3.63) is 29.8 Å². The minimum Gasteiger partial charge on any atom is -0.494 e. The van der Waals surface area contributed by atoms with Crippen LogP contribution in [0.25, 0.3) is 0 Å². The van der Waals surface area contributed by atoms with Gasteiger partial charge in [-0.15, -0.1) is 0 Å². The number of nitrogens with zero attached hydrogens (tertiary/aromatic N) is 1. The summed E-state index contributed by atoms with van der Waals surface area (Å²) < 4.78 is 10.8. The van der Waals surface area contributed by atoms with Crippen molar-refractivity contribution in [2.75, 3.05) is 32.8 Å². The van der Waals surface area contributed by atoms with Crippen LogP contribution in [-0.4, -0.2) is 49.7 Å². The first-order chi connectivity index (χ1) is 13.3. The van der Waals surface area contributed by atoms with Crippen LogP contribution in [0.2, 0.25) is 0 Å². The van der Waals surface area contributed by atoms with Crippen molar-refractivity contribution in [3.63, 3.8) is 0 Å². The summed E-state index contributed by atoms with van der Waals surface area (Å²) in [6.07, 6.45) is 2.08. The fraction of sp³-hybridized carbons (Fsp3) is 0.636. The predicted octanol–water partition coefficient (Wildman–Crippen LogP) is 3.74. The van der Waals surface area contributed by atoms with E-state index in [0.29, 0.717) is 45.7 Å². The number of likely N-dealkylation sites (tertiary alicyclic amines) is 1. The quantitative estimate of drug-likeness (QED) is 0.569. The number of carbonyl (C=O) groups is 2. The molecule has 0 radical (unpaired) electrons. The average Bonchev–Trinajstić information content (AvgIpc) is 2.67. The van der Waals surface area contributed by atoms with E-state index in [4.69, 9.17) is 9.47 Å². The van der Waals surface area contributed by atoms with Crippen molar-refractivity contribution in [3.8, 4) is 5.75 Å². The van der Waals surface area contributed by atoms with Crippen LogP contribution in [0.1, 0.15) is 52.5 Å². The number of hydrogen-bond acceptors (Lipinski definition) is 4. The van der Waals surface area contributed by atoms with E-state index < -0.39 is 0 Å². The maximum absolute atomic E-state index is 12.2. The molecule has 6 heteroatoms. The Morgan fingerprint density at radius 3 is 2.36 bits per heavy atom. The molecule has 2 rings (SSSR count). The molecule has 1 aliphatic rings. The summed E-state index contributed by atoms with van der Waals surface area (Å²) in [6, 6.07) is 8.10. The lowest BCUT2D eigenvalue weighted by Crippen LogP contribution is -2.46. The Hall–Kier alpha value is -2.24. The van der Waals surface area contributed by atoms with Gasteiger partial charge in [-0.05, 0) is 49.3 Å². The molecule has 0 aromatic heterocycles. The van der Waals surface area contributed by atoms with Crippen LogP contribution in [0.4, 0.5) is 4.79 Å². The molecule has 1 heterocycles. The van der Waals surface area contributed by atoms with E-state index in [2.05, 4.69) is 38.2 Å². The second-order valence-electron chi connectivity index (χ2n) is 8.22. The van der Waals surface area contributed by atoms with Crippen LogP contribution >= 0.6 is 0 Å². The molecule has 0 unspecified atom stereocenters. The van der Waals surface area contributed by atoms with E-state index in [1.54, 1.807) is 4.90 Å². The molecule has 2 amide bonds. The summed E-state index contributed by atoms with van der Waals surface area (Å²) >= 11 is 0. The van der Waals surface area contributed by atoms with Gasteiger partial charge >= 0.3 is 12.0 Å². The van der Waals surface area contributed by atoms with Crippen LogP contribution in [0.15, 0.2) is 24.3 Å². The third-order valence-corrected chi connectivity index (χ3v) is 4.99. The molecule has 1 aliphatic heterocycles. The Bertz CT molecular complexity index is 629. The van der Waals surface area contributed by atoms with E-state index in [1.165, 1.54) is 5.56 Å². The molecule has 1 fully saturated rings. The van der Waals surface area contributed by atoms with Gasteiger partial charge in [0.2, 0.25) is 0 Å². The number of esters is 1. The Balaban J connectivity index is 1.61. The van der Waals surface area contributed by atoms with Crippen LogP contribution in [0.5, 0.6) is 5.75 Å². The number of rotatable bonds is 7. The van der Waals surface area contributed by atoms with Crippen molar-refractivity contribution < 1.29 is 19.1 Å². The Labute approximate surface area is 168 Å². The molecule has 0 atom stereocenters. The number of piperidine rings is 1. The molecule has 6 nitrogen and oxygen atoms in total. The molecule has 0 spiro atoms. The monoisotopic (exact) mass is 390 g/mol. The Morgan fingerprint density at radius 2 is 1.79 bits per heavy atom. The van der Waals surface area contributed by atoms with Crippen molar-refractivity contribution >= 4 is 12.0 Å². The zero-order valence-corrected chi connectivity index (χ0v) is 17.6. The summed E-state index contributed by atoms with van der Waals surface area (Å²) in [5.74, 6) is 0.623. The van der Waals surface area contributed by atoms with Gasteiger partial charge in [-0.25, -0.2) is 4.79 Å². The van der Waals surface area contributed by atoms with Gasteiger partial charge in [-0.3, -0.25) is 4.79 Å². The molecule has 1 aromatic rings. The lowest BCUT2D eigenvalue weighted by Gasteiger charge is -2.30. The van der Waals surface area contributed by atoms with Crippen LogP contribution in [-0.2, 0) is 14.9 Å². The number of nitrogens with one attached hydrogen (secondary N) is 1. The summed E-state index contributed by atoms with van der Waals surface area (Å²) in [5, 5.41) is 2.93. The second-order valence-corrected chi connectivity index (χ2v) is 8.22. The fourth-order valence-corrected chi connectivity index (χ4v) is 3.20. The number of ether oxygens (including phenoxy) is 2. The van der Waals surface area contributed by atoms with Crippen molar-refractivity contribution in [1.29, 1.82) is 0 Å². The minimum absolute atomic E-state index is 0.0724. The van der Waals surface area contributed by atoms with E-state index in [1.807, 2.05) is 19.1 Å². The number of urea groups is 1. The molecular formula is C22H34N2O4. The van der Waals surface area contributed by atoms with E-state index in [9.17, 15) is 9.59 Å². The Kier molecular flexibility index (Phi) is 8.15. The molecule has 156 valence electrons. The first kappa shape index (κ1) is 22.1. The molecule has 0 saturated carbocycles. The Morgan fingerprint density at radius 1 is 1.14 bits per heavy atom. The third kappa shape index (κ3) is 6.73. The summed E-state index contributed by atoms with van der Waals surface area (Å²) in [4.78, 5) is 25.7. The largest absolute Gasteiger partial charge is 0.494 e. The number of carbonyl (C=O) groups excluding carboxylic acids is 2. The van der Waals surface area contributed by atoms with Gasteiger partial charge in [0.15, 0.2) is 0 Å². The maximum Gasteiger partial charge on any atom is 0.317 e. The lowest BCUT2D eigenvalue weighted by molar-refractivity contribution is -0.149. The highest BCUT2D eigenvalue weighted by Gasteiger charge is 2.27. The summed E-state index contributed by atoms with van der Waals surface area (Å²) in [5.41, 5.74) is 1.41. The summed E-state index contributed by atoms with van der Waals surface area (Å²) in [7, 11) is 0. The van der Waals surface area contributed by atoms with Gasteiger partial charge < -0.3 is 19.7 Å². The fourth-order valence-electron chi connectivity index (χ4n) is 3.20. The van der Waals surface area contributed by atoms with E-state index >= 15 is 0 Å². The zero-order valence-electron chi connectivity index (χ0n) is 17.6. The van der Waals surface area contributed by atoms with Gasteiger partial charge in [0.05, 0.1) is 19.1 Å². The highest BCUT2D eigenvalue weighted by molar-refractivity contribution is 5.76. The maximum atomic E-state index is 12.2. The highest BCUT2D eigenvalue weighted by atomic mass is 16.5. The van der Waals surface area contributed by atoms with Crippen molar-refractivity contribution in [1.82, 2.24) is 10.2 Å². The molecule has 0 aliphatic carbocycles. The second kappa shape index (κ2) is 10.3. The minimum atomic E-state index is -0.143. The average molecular weight is 391 g/mol. The smallest absolute Gasteiger partial charge is 0.317 e. The molecule has 1 N–H and O–H groups in total. The van der Waals surface area contributed by atoms with Gasteiger partial charge in [0, 0.05) is 19.6 Å². The summed E-state index contributed by atoms with van der Waals surface area (Å²) in [6.45, 7) is 11.1. The first-order valence-corrected chi connectivity index (χ1v) is 10.2. The lowest BCUT2D eigenvalue weighted by atomic mass is 9.87. The number of hydrogen-bond donors (Lipinski definition) is 1. The van der Waals surface area contributed by atoms with Gasteiger partial charge in [0.1, 0.15) is 5.75 Å². The van der Waals surface area contributed by atoms with Crippen molar-refractivity contribution in [2.45, 2.75) is 52.4 Å². The predicted molar refractivity (Wildman–Crippen MR) is 110 cm³/mol. The van der Waals surface area contributed by atoms with Gasteiger partial charge in [-0.1, -0.05) is 32.9 Å². The first-order valence-electron chi connectivity index (χ1n) is 10.2. The highest BCUT2D eigenvalue weighted by Crippen LogP contribution is 2.24. The molecule has 28 heavy (non-hydrogen) atoms. The topological polar surface area (TPSA) is 67.9 Å². The standard InChI is InChI=1S/C22H34N2O4/c1-5-27-20(25)17-11-14-24(15-12-17)21(26)23-13-6-16-28-19-9-7-18(8-10-19)22(2,3)4/h7-10,17H,5-6,11-16H2,1-4H3,(H,23,26). The third-order valence-electron chi connectivity index (χ3n) is 4.99. The van der Waals surface area contributed by atoms with E-state index in [0.717, 1.165) is 12.2 Å². The van der Waals surface area contributed by atoms with E-state index in [-0.39, 0.29) is 23.3 Å². The van der Waals surface area contributed by atoms with Crippen molar-refractivity contribution in [2.24, 2.45) is 5.92 Å². The number of amides is 2. The molecule has 1 saturated heterocycles. The van der Waals surface area contributed by atoms with Crippen LogP contribution in [0.3, 0.4) is 0 Å².